The third-order valence-electron chi connectivity index (χ3n) is 3.89. The van der Waals surface area contributed by atoms with Crippen molar-refractivity contribution in [3.05, 3.63) is 56.9 Å². The number of thioether (sulfide) groups is 1. The summed E-state index contributed by atoms with van der Waals surface area (Å²) < 4.78 is 39.5. The highest BCUT2D eigenvalue weighted by Gasteiger charge is 2.38. The van der Waals surface area contributed by atoms with E-state index in [1.807, 2.05) is 0 Å². The zero-order valence-electron chi connectivity index (χ0n) is 13.2. The number of hydrogen-bond donors (Lipinski definition) is 0. The minimum atomic E-state index is -4.57. The van der Waals surface area contributed by atoms with Crippen LogP contribution in [0, 0.1) is 10.1 Å². The van der Waals surface area contributed by atoms with E-state index in [0.717, 1.165) is 17.8 Å². The number of alkyl halides is 3. The summed E-state index contributed by atoms with van der Waals surface area (Å²) in [6, 6.07) is 5.18. The molecule has 0 bridgehead atoms. The van der Waals surface area contributed by atoms with Crippen molar-refractivity contribution in [3.8, 4) is 0 Å². The molecule has 0 saturated heterocycles. The first-order valence-corrected chi connectivity index (χ1v) is 8.61. The van der Waals surface area contributed by atoms with Crippen LogP contribution in [-0.2, 0) is 19.0 Å². The van der Waals surface area contributed by atoms with E-state index in [4.69, 9.17) is 0 Å². The monoisotopic (exact) mass is 383 g/mol. The largest absolute Gasteiger partial charge is 0.433 e. The number of non-ortho nitro benzene ring substituents is 1. The normalized spacial score (nSPS) is 13.5. The van der Waals surface area contributed by atoms with Crippen molar-refractivity contribution in [3.63, 3.8) is 0 Å². The van der Waals surface area contributed by atoms with E-state index >= 15 is 0 Å². The minimum absolute atomic E-state index is 0.114. The second-order valence-corrected chi connectivity index (χ2v) is 6.59. The van der Waals surface area contributed by atoms with E-state index in [9.17, 15) is 28.1 Å². The average molecular weight is 383 g/mol. The molecule has 1 aromatic heterocycles. The molecule has 0 fully saturated rings. The Bertz CT molecular complexity index is 887. The minimum Gasteiger partial charge on any atom is -0.293 e. The molecule has 0 atom stereocenters. The number of aromatic nitrogens is 2. The summed E-state index contributed by atoms with van der Waals surface area (Å²) >= 11 is 0.792. The molecule has 0 aliphatic heterocycles. The summed E-state index contributed by atoms with van der Waals surface area (Å²) in [6.07, 6.45) is -3.24. The van der Waals surface area contributed by atoms with E-state index in [2.05, 4.69) is 9.97 Å². The Labute approximate surface area is 150 Å². The second kappa shape index (κ2) is 7.02. The molecule has 0 unspecified atom stereocenters. The van der Waals surface area contributed by atoms with Gasteiger partial charge < -0.3 is 0 Å². The van der Waals surface area contributed by atoms with Crippen LogP contribution in [0.4, 0.5) is 18.9 Å². The maximum atomic E-state index is 13.2. The lowest BCUT2D eigenvalue weighted by Gasteiger charge is -2.12. The number of rotatable bonds is 5. The first kappa shape index (κ1) is 18.3. The van der Waals surface area contributed by atoms with Crippen LogP contribution in [0.25, 0.3) is 0 Å². The maximum Gasteiger partial charge on any atom is 0.433 e. The molecule has 1 heterocycles. The Morgan fingerprint density at radius 3 is 2.73 bits per heavy atom. The Morgan fingerprint density at radius 2 is 2.04 bits per heavy atom. The molecule has 0 saturated carbocycles. The molecule has 136 valence electrons. The average Bonchev–Trinajstić information content (AvgIpc) is 3.06. The van der Waals surface area contributed by atoms with Crippen molar-refractivity contribution in [2.45, 2.75) is 30.6 Å². The van der Waals surface area contributed by atoms with Crippen LogP contribution in [0.1, 0.15) is 33.7 Å². The topological polar surface area (TPSA) is 86.0 Å². The number of carbonyl (C=O) groups excluding carboxylic acids is 1. The SMILES string of the molecule is O=C(CSc1nc2c(c(C(F)(F)F)n1)CCC2)c1cccc([N+](=O)[O-])c1. The van der Waals surface area contributed by atoms with Crippen LogP contribution in [0.2, 0.25) is 0 Å². The zero-order chi connectivity index (χ0) is 18.9. The van der Waals surface area contributed by atoms with Gasteiger partial charge in [-0.1, -0.05) is 23.9 Å². The lowest BCUT2D eigenvalue weighted by molar-refractivity contribution is -0.384. The number of hydrogen-bond acceptors (Lipinski definition) is 6. The molecule has 6 nitrogen and oxygen atoms in total. The summed E-state index contributed by atoms with van der Waals surface area (Å²) in [4.78, 5) is 30.0. The Balaban J connectivity index is 1.79. The van der Waals surface area contributed by atoms with Crippen LogP contribution in [-0.4, -0.2) is 26.4 Å². The standard InChI is InChI=1S/C16H12F3N3O3S/c17-16(18,19)14-11-5-2-6-12(11)20-15(21-14)26-8-13(23)9-3-1-4-10(7-9)22(24)25/h1,3-4,7H,2,5-6,8H2. The number of carbonyl (C=O) groups is 1. The summed E-state index contributed by atoms with van der Waals surface area (Å²) in [5.41, 5.74) is -0.548. The lowest BCUT2D eigenvalue weighted by Crippen LogP contribution is -2.14. The quantitative estimate of drug-likeness (QED) is 0.256. The third-order valence-corrected chi connectivity index (χ3v) is 4.74. The van der Waals surface area contributed by atoms with Gasteiger partial charge in [-0.3, -0.25) is 14.9 Å². The molecule has 0 N–H and O–H groups in total. The maximum absolute atomic E-state index is 13.2. The highest BCUT2D eigenvalue weighted by Crippen LogP contribution is 2.36. The smallest absolute Gasteiger partial charge is 0.293 e. The van der Waals surface area contributed by atoms with Crippen LogP contribution in [0.3, 0.4) is 0 Å². The predicted molar refractivity (Wildman–Crippen MR) is 87.2 cm³/mol. The number of nitro groups is 1. The van der Waals surface area contributed by atoms with Gasteiger partial charge in [0.15, 0.2) is 16.6 Å². The summed E-state index contributed by atoms with van der Waals surface area (Å²) in [7, 11) is 0. The molecule has 0 amide bonds. The fourth-order valence-corrected chi connectivity index (χ4v) is 3.47. The number of halogens is 3. The second-order valence-electron chi connectivity index (χ2n) is 5.65. The van der Waals surface area contributed by atoms with Crippen molar-refractivity contribution in [1.82, 2.24) is 9.97 Å². The van der Waals surface area contributed by atoms with Crippen molar-refractivity contribution in [2.24, 2.45) is 0 Å². The summed E-state index contributed by atoms with van der Waals surface area (Å²) in [6.45, 7) is 0. The van der Waals surface area contributed by atoms with Gasteiger partial charge >= 0.3 is 6.18 Å². The molecule has 1 aromatic carbocycles. The van der Waals surface area contributed by atoms with Crippen LogP contribution in [0.15, 0.2) is 29.4 Å². The Morgan fingerprint density at radius 1 is 1.27 bits per heavy atom. The Hall–Kier alpha value is -2.49. The molecule has 1 aliphatic carbocycles. The van der Waals surface area contributed by atoms with Gasteiger partial charge in [-0.2, -0.15) is 13.2 Å². The molecule has 3 rings (SSSR count). The number of Topliss-reactive ketones (excluding diaryl/α,β-unsaturated/α-hetero) is 1. The highest BCUT2D eigenvalue weighted by atomic mass is 32.2. The van der Waals surface area contributed by atoms with Gasteiger partial charge in [-0.15, -0.1) is 0 Å². The van der Waals surface area contributed by atoms with E-state index in [-0.39, 0.29) is 27.7 Å². The van der Waals surface area contributed by atoms with Gasteiger partial charge in [0, 0.05) is 29.0 Å². The van der Waals surface area contributed by atoms with Gasteiger partial charge in [0.1, 0.15) is 0 Å². The van der Waals surface area contributed by atoms with E-state index in [1.54, 1.807) is 0 Å². The zero-order valence-corrected chi connectivity index (χ0v) is 14.1. The van der Waals surface area contributed by atoms with E-state index in [1.165, 1.54) is 18.2 Å². The molecular formula is C16H12F3N3O3S. The molecule has 2 aromatic rings. The van der Waals surface area contributed by atoms with Crippen molar-refractivity contribution < 1.29 is 22.9 Å². The molecule has 0 spiro atoms. The lowest BCUT2D eigenvalue weighted by atomic mass is 10.1. The van der Waals surface area contributed by atoms with Crippen LogP contribution in [0.5, 0.6) is 0 Å². The van der Waals surface area contributed by atoms with Gasteiger partial charge in [0.2, 0.25) is 0 Å². The highest BCUT2D eigenvalue weighted by molar-refractivity contribution is 7.99. The number of aryl methyl sites for hydroxylation is 1. The van der Waals surface area contributed by atoms with Gasteiger partial charge in [0.25, 0.3) is 5.69 Å². The first-order chi connectivity index (χ1) is 12.3. The summed E-state index contributed by atoms with van der Waals surface area (Å²) in [5, 5.41) is 10.6. The van der Waals surface area contributed by atoms with Crippen molar-refractivity contribution in [2.75, 3.05) is 5.75 Å². The van der Waals surface area contributed by atoms with Gasteiger partial charge in [-0.05, 0) is 19.3 Å². The number of benzene rings is 1. The number of nitro benzene ring substituents is 1. The molecular weight excluding hydrogens is 371 g/mol. The van der Waals surface area contributed by atoms with Crippen LogP contribution >= 0.6 is 11.8 Å². The fraction of sp³-hybridized carbons (Fsp3) is 0.312. The third kappa shape index (κ3) is 3.85. The number of fused-ring (bicyclic) bond motifs is 1. The van der Waals surface area contributed by atoms with E-state index in [0.29, 0.717) is 25.0 Å². The predicted octanol–water partition coefficient (Wildman–Crippen LogP) is 3.87. The molecule has 26 heavy (non-hydrogen) atoms. The molecule has 0 radical (unpaired) electrons. The first-order valence-electron chi connectivity index (χ1n) is 7.63. The van der Waals surface area contributed by atoms with E-state index < -0.39 is 22.6 Å². The fourth-order valence-electron chi connectivity index (χ4n) is 2.72. The van der Waals surface area contributed by atoms with Crippen molar-refractivity contribution in [1.29, 1.82) is 0 Å². The van der Waals surface area contributed by atoms with Crippen LogP contribution < -0.4 is 0 Å². The summed E-state index contributed by atoms with van der Waals surface area (Å²) in [5.74, 6) is -0.659. The van der Waals surface area contributed by atoms with Gasteiger partial charge in [0.05, 0.1) is 10.7 Å². The number of nitrogens with zero attached hydrogens (tertiary/aromatic N) is 3. The Kier molecular flexibility index (Phi) is 4.94. The number of ketones is 1. The molecule has 1 aliphatic rings. The van der Waals surface area contributed by atoms with Crippen molar-refractivity contribution >= 4 is 23.2 Å². The molecule has 10 heteroatoms. The van der Waals surface area contributed by atoms with Gasteiger partial charge in [-0.25, -0.2) is 9.97 Å².